The van der Waals surface area contributed by atoms with Gasteiger partial charge in [-0.1, -0.05) is 11.3 Å². The molecule has 104 valence electrons. The Bertz CT molecular complexity index is 785. The minimum absolute atomic E-state index is 0.128. The van der Waals surface area contributed by atoms with Crippen molar-refractivity contribution in [2.45, 2.75) is 6.61 Å². The first-order chi connectivity index (χ1) is 9.60. The van der Waals surface area contributed by atoms with E-state index in [9.17, 15) is 8.78 Å². The number of fused-ring (bicyclic) bond motifs is 1. The number of benzene rings is 1. The van der Waals surface area contributed by atoms with E-state index in [1.165, 1.54) is 17.7 Å². The third-order valence-corrected chi connectivity index (χ3v) is 3.58. The highest BCUT2D eigenvalue weighted by atomic mass is 32.1. The lowest BCUT2D eigenvalue weighted by Crippen LogP contribution is -1.98. The van der Waals surface area contributed by atoms with E-state index in [1.54, 1.807) is 0 Å². The van der Waals surface area contributed by atoms with Crippen LogP contribution in [-0.2, 0) is 11.3 Å². The molecule has 0 bridgehead atoms. The largest absolute Gasteiger partial charge is 0.396 e. The maximum atomic E-state index is 13.8. The van der Waals surface area contributed by atoms with E-state index in [4.69, 9.17) is 10.5 Å². The van der Waals surface area contributed by atoms with Gasteiger partial charge >= 0.3 is 0 Å². The first kappa shape index (κ1) is 12.9. The predicted molar refractivity (Wildman–Crippen MR) is 69.1 cm³/mol. The first-order valence-electron chi connectivity index (χ1n) is 5.55. The zero-order valence-corrected chi connectivity index (χ0v) is 11.1. The normalized spacial score (nSPS) is 11.3. The van der Waals surface area contributed by atoms with Crippen LogP contribution in [0.25, 0.3) is 15.5 Å². The van der Waals surface area contributed by atoms with Gasteiger partial charge in [-0.3, -0.25) is 0 Å². The Labute approximate surface area is 115 Å². The second-order valence-electron chi connectivity index (χ2n) is 4.00. The molecule has 0 saturated carbocycles. The summed E-state index contributed by atoms with van der Waals surface area (Å²) < 4.78 is 33.4. The molecule has 3 rings (SSSR count). The Morgan fingerprint density at radius 1 is 1.30 bits per heavy atom. The average molecular weight is 297 g/mol. The quantitative estimate of drug-likeness (QED) is 0.747. The van der Waals surface area contributed by atoms with Crippen molar-refractivity contribution in [3.8, 4) is 10.6 Å². The third-order valence-electron chi connectivity index (χ3n) is 2.65. The van der Waals surface area contributed by atoms with Gasteiger partial charge in [0.1, 0.15) is 18.2 Å². The van der Waals surface area contributed by atoms with Gasteiger partial charge in [-0.25, -0.2) is 8.78 Å². The molecular formula is C11H9F2N5OS. The molecule has 0 aliphatic heterocycles. The van der Waals surface area contributed by atoms with Crippen LogP contribution in [0.5, 0.6) is 0 Å². The molecule has 0 unspecified atom stereocenters. The number of halogens is 2. The van der Waals surface area contributed by atoms with Crippen LogP contribution in [0.1, 0.15) is 5.82 Å². The minimum Gasteiger partial charge on any atom is -0.396 e. The summed E-state index contributed by atoms with van der Waals surface area (Å²) in [5.41, 5.74) is 5.45. The number of hydrogen-bond acceptors (Lipinski definition) is 6. The van der Waals surface area contributed by atoms with Crippen LogP contribution in [0.15, 0.2) is 12.1 Å². The average Bonchev–Trinajstić information content (AvgIpc) is 2.96. The molecule has 2 aromatic heterocycles. The Morgan fingerprint density at radius 3 is 2.85 bits per heavy atom. The highest BCUT2D eigenvalue weighted by molar-refractivity contribution is 7.19. The lowest BCUT2D eigenvalue weighted by atomic mass is 10.2. The number of ether oxygens (including phenoxy) is 1. The SMILES string of the molecule is COCc1nnc2sc(-c3cc(N)c(F)cc3F)nn12. The fraction of sp³-hybridized carbons (Fsp3) is 0.182. The van der Waals surface area contributed by atoms with E-state index in [2.05, 4.69) is 15.3 Å². The molecule has 0 aliphatic rings. The number of anilines is 1. The van der Waals surface area contributed by atoms with E-state index in [1.807, 2.05) is 0 Å². The number of aromatic nitrogens is 4. The number of nitrogens with two attached hydrogens (primary N) is 1. The molecule has 2 N–H and O–H groups in total. The highest BCUT2D eigenvalue weighted by Crippen LogP contribution is 2.30. The van der Waals surface area contributed by atoms with Crippen LogP contribution in [0.4, 0.5) is 14.5 Å². The van der Waals surface area contributed by atoms with Crippen molar-refractivity contribution in [2.24, 2.45) is 0 Å². The molecular weight excluding hydrogens is 288 g/mol. The van der Waals surface area contributed by atoms with E-state index in [-0.39, 0.29) is 17.9 Å². The summed E-state index contributed by atoms with van der Waals surface area (Å²) in [6, 6.07) is 1.95. The van der Waals surface area contributed by atoms with Gasteiger partial charge in [0.05, 0.1) is 11.3 Å². The van der Waals surface area contributed by atoms with Gasteiger partial charge in [0.2, 0.25) is 4.96 Å². The van der Waals surface area contributed by atoms with Crippen LogP contribution in [0.2, 0.25) is 0 Å². The summed E-state index contributed by atoms with van der Waals surface area (Å²) in [5, 5.41) is 12.4. The van der Waals surface area contributed by atoms with Gasteiger partial charge < -0.3 is 10.5 Å². The third kappa shape index (κ3) is 2.00. The van der Waals surface area contributed by atoms with Crippen molar-refractivity contribution in [2.75, 3.05) is 12.8 Å². The van der Waals surface area contributed by atoms with E-state index in [0.29, 0.717) is 15.8 Å². The summed E-state index contributed by atoms with van der Waals surface area (Å²) in [5.74, 6) is -1.02. The summed E-state index contributed by atoms with van der Waals surface area (Å²) in [6.07, 6.45) is 0. The fourth-order valence-corrected chi connectivity index (χ4v) is 2.59. The zero-order valence-electron chi connectivity index (χ0n) is 10.3. The maximum absolute atomic E-state index is 13.8. The molecule has 20 heavy (non-hydrogen) atoms. The number of nitrogen functional groups attached to an aromatic ring is 1. The zero-order chi connectivity index (χ0) is 14.3. The summed E-state index contributed by atoms with van der Waals surface area (Å²) in [4.78, 5) is 0.495. The molecule has 2 heterocycles. The smallest absolute Gasteiger partial charge is 0.235 e. The monoisotopic (exact) mass is 297 g/mol. The van der Waals surface area contributed by atoms with Crippen molar-refractivity contribution in [1.82, 2.24) is 19.8 Å². The molecule has 0 fully saturated rings. The second kappa shape index (κ2) is 4.76. The lowest BCUT2D eigenvalue weighted by Gasteiger charge is -2.01. The summed E-state index contributed by atoms with van der Waals surface area (Å²) >= 11 is 1.13. The van der Waals surface area contributed by atoms with Gasteiger partial charge in [-0.15, -0.1) is 10.2 Å². The van der Waals surface area contributed by atoms with Crippen LogP contribution >= 0.6 is 11.3 Å². The molecule has 6 nitrogen and oxygen atoms in total. The molecule has 0 saturated heterocycles. The Balaban J connectivity index is 2.13. The summed E-state index contributed by atoms with van der Waals surface area (Å²) in [6.45, 7) is 0.235. The topological polar surface area (TPSA) is 78.3 Å². The molecule has 3 aromatic rings. The fourth-order valence-electron chi connectivity index (χ4n) is 1.72. The molecule has 0 amide bonds. The van der Waals surface area contributed by atoms with Crippen molar-refractivity contribution >= 4 is 22.0 Å². The molecule has 0 radical (unpaired) electrons. The van der Waals surface area contributed by atoms with E-state index < -0.39 is 11.6 Å². The highest BCUT2D eigenvalue weighted by Gasteiger charge is 2.17. The van der Waals surface area contributed by atoms with Crippen LogP contribution in [-0.4, -0.2) is 26.9 Å². The van der Waals surface area contributed by atoms with Crippen molar-refractivity contribution in [3.63, 3.8) is 0 Å². The molecule has 0 atom stereocenters. The number of rotatable bonds is 3. The van der Waals surface area contributed by atoms with Crippen molar-refractivity contribution in [3.05, 3.63) is 29.6 Å². The first-order valence-corrected chi connectivity index (χ1v) is 6.36. The van der Waals surface area contributed by atoms with E-state index in [0.717, 1.165) is 17.4 Å². The van der Waals surface area contributed by atoms with Gasteiger partial charge in [0.15, 0.2) is 10.8 Å². The maximum Gasteiger partial charge on any atom is 0.235 e. The standard InChI is InChI=1S/C11H9F2N5OS/c1-19-4-9-15-16-11-18(9)17-10(20-11)5-2-8(14)7(13)3-6(5)12/h2-3H,4,14H2,1H3. The molecule has 0 aliphatic carbocycles. The molecule has 1 aromatic carbocycles. The van der Waals surface area contributed by atoms with Crippen molar-refractivity contribution in [1.29, 1.82) is 0 Å². The number of hydrogen-bond donors (Lipinski definition) is 1. The number of nitrogens with zero attached hydrogens (tertiary/aromatic N) is 4. The van der Waals surface area contributed by atoms with Gasteiger partial charge in [-0.05, 0) is 6.07 Å². The van der Waals surface area contributed by atoms with Crippen LogP contribution in [0, 0.1) is 11.6 Å². The number of methoxy groups -OCH3 is 1. The lowest BCUT2D eigenvalue weighted by molar-refractivity contribution is 0.176. The van der Waals surface area contributed by atoms with Gasteiger partial charge in [0, 0.05) is 13.2 Å². The van der Waals surface area contributed by atoms with Crippen LogP contribution in [0.3, 0.4) is 0 Å². The van der Waals surface area contributed by atoms with E-state index >= 15 is 0 Å². The van der Waals surface area contributed by atoms with Crippen molar-refractivity contribution < 1.29 is 13.5 Å². The molecule has 0 spiro atoms. The predicted octanol–water partition coefficient (Wildman–Crippen LogP) is 1.86. The minimum atomic E-state index is -0.797. The summed E-state index contributed by atoms with van der Waals surface area (Å²) in [7, 11) is 1.52. The molecule has 9 heteroatoms. The van der Waals surface area contributed by atoms with Gasteiger partial charge in [-0.2, -0.15) is 9.61 Å². The Morgan fingerprint density at radius 2 is 2.10 bits per heavy atom. The van der Waals surface area contributed by atoms with Crippen LogP contribution < -0.4 is 5.73 Å². The Kier molecular flexibility index (Phi) is 3.07. The van der Waals surface area contributed by atoms with Gasteiger partial charge in [0.25, 0.3) is 0 Å². The Hall–Kier alpha value is -2.13. The second-order valence-corrected chi connectivity index (χ2v) is 4.96.